The molecule has 1 aromatic carbocycles. The van der Waals surface area contributed by atoms with Crippen LogP contribution in [0, 0.1) is 13.8 Å². The summed E-state index contributed by atoms with van der Waals surface area (Å²) in [6, 6.07) is 13.5. The van der Waals surface area contributed by atoms with Crippen molar-refractivity contribution in [3.05, 3.63) is 77.2 Å². The third-order valence-corrected chi connectivity index (χ3v) is 5.35. The summed E-state index contributed by atoms with van der Waals surface area (Å²) >= 11 is 0. The average Bonchev–Trinajstić information content (AvgIpc) is 2.77. The van der Waals surface area contributed by atoms with E-state index in [1.54, 1.807) is 24.3 Å². The molecule has 30 heavy (non-hydrogen) atoms. The van der Waals surface area contributed by atoms with Gasteiger partial charge < -0.3 is 4.90 Å². The predicted molar refractivity (Wildman–Crippen MR) is 120 cm³/mol. The summed E-state index contributed by atoms with van der Waals surface area (Å²) in [6.45, 7) is 5.79. The standard InChI is InChI=1S/C25H27N3O2/c1-5-25(30)28(4)23-12-9-20(15-17(23)2)22-11-8-21(16-27-22)24(29)13-10-19-7-6-14-26-18(19)3/h6-9,11-12,14-16H,5,10,13H2,1-4H3. The monoisotopic (exact) mass is 401 g/mol. The van der Waals surface area contributed by atoms with E-state index in [1.165, 1.54) is 0 Å². The molecule has 0 fully saturated rings. The second kappa shape index (κ2) is 9.44. The molecule has 2 aromatic heterocycles. The number of pyridine rings is 2. The molecule has 0 atom stereocenters. The number of hydrogen-bond donors (Lipinski definition) is 0. The Hall–Kier alpha value is -3.34. The number of carbonyl (C=O) groups excluding carboxylic acids is 2. The Kier molecular flexibility index (Phi) is 6.72. The van der Waals surface area contributed by atoms with Crippen molar-refractivity contribution in [1.82, 2.24) is 9.97 Å². The first-order chi connectivity index (χ1) is 14.4. The van der Waals surface area contributed by atoms with E-state index >= 15 is 0 Å². The number of benzene rings is 1. The first-order valence-corrected chi connectivity index (χ1v) is 10.2. The zero-order valence-electron chi connectivity index (χ0n) is 18.0. The summed E-state index contributed by atoms with van der Waals surface area (Å²) in [5.74, 6) is 0.150. The fraction of sp³-hybridized carbons (Fsp3) is 0.280. The van der Waals surface area contributed by atoms with Gasteiger partial charge in [-0.25, -0.2) is 0 Å². The van der Waals surface area contributed by atoms with Crippen molar-refractivity contribution in [3.63, 3.8) is 0 Å². The van der Waals surface area contributed by atoms with E-state index in [0.29, 0.717) is 24.8 Å². The molecule has 2 heterocycles. The maximum atomic E-state index is 12.5. The molecular formula is C25H27N3O2. The normalized spacial score (nSPS) is 10.7. The molecular weight excluding hydrogens is 374 g/mol. The molecule has 5 heteroatoms. The van der Waals surface area contributed by atoms with Crippen molar-refractivity contribution in [2.24, 2.45) is 0 Å². The maximum Gasteiger partial charge on any atom is 0.226 e. The largest absolute Gasteiger partial charge is 0.315 e. The molecule has 0 N–H and O–H groups in total. The highest BCUT2D eigenvalue weighted by molar-refractivity contribution is 5.96. The molecule has 0 saturated heterocycles. The minimum atomic E-state index is 0.0727. The molecule has 1 amide bonds. The summed E-state index contributed by atoms with van der Waals surface area (Å²) in [5, 5.41) is 0. The van der Waals surface area contributed by atoms with Gasteiger partial charge >= 0.3 is 0 Å². The number of ketones is 1. The van der Waals surface area contributed by atoms with Crippen LogP contribution in [0.15, 0.2) is 54.9 Å². The molecule has 3 rings (SSSR count). The summed E-state index contributed by atoms with van der Waals surface area (Å²) in [7, 11) is 1.79. The van der Waals surface area contributed by atoms with Crippen molar-refractivity contribution in [1.29, 1.82) is 0 Å². The Bertz CT molecular complexity index is 1060. The lowest BCUT2D eigenvalue weighted by Crippen LogP contribution is -2.25. The zero-order chi connectivity index (χ0) is 21.7. The van der Waals surface area contributed by atoms with Crippen LogP contribution in [0.1, 0.15) is 46.9 Å². The predicted octanol–water partition coefficient (Wildman–Crippen LogP) is 4.95. The molecule has 0 unspecified atom stereocenters. The summed E-state index contributed by atoms with van der Waals surface area (Å²) in [4.78, 5) is 34.9. The van der Waals surface area contributed by atoms with Crippen LogP contribution in [0.2, 0.25) is 0 Å². The summed E-state index contributed by atoms with van der Waals surface area (Å²) < 4.78 is 0. The van der Waals surface area contributed by atoms with Crippen molar-refractivity contribution >= 4 is 17.4 Å². The van der Waals surface area contributed by atoms with Gasteiger partial charge in [-0.05, 0) is 61.7 Å². The van der Waals surface area contributed by atoms with Crippen LogP contribution in [0.25, 0.3) is 11.3 Å². The Balaban J connectivity index is 1.71. The van der Waals surface area contributed by atoms with Crippen LogP contribution >= 0.6 is 0 Å². The van der Waals surface area contributed by atoms with Crippen LogP contribution in [0.5, 0.6) is 0 Å². The van der Waals surface area contributed by atoms with Gasteiger partial charge in [0.15, 0.2) is 5.78 Å². The number of carbonyl (C=O) groups is 2. The van der Waals surface area contributed by atoms with Crippen LogP contribution < -0.4 is 4.90 Å². The Morgan fingerprint density at radius 2 is 1.83 bits per heavy atom. The smallest absolute Gasteiger partial charge is 0.226 e. The van der Waals surface area contributed by atoms with Gasteiger partial charge in [-0.2, -0.15) is 0 Å². The van der Waals surface area contributed by atoms with E-state index in [1.807, 2.05) is 63.2 Å². The first kappa shape index (κ1) is 21.4. The Morgan fingerprint density at radius 1 is 1.03 bits per heavy atom. The minimum absolute atomic E-state index is 0.0727. The lowest BCUT2D eigenvalue weighted by atomic mass is 10.0. The number of rotatable bonds is 7. The highest BCUT2D eigenvalue weighted by atomic mass is 16.2. The number of aromatic nitrogens is 2. The van der Waals surface area contributed by atoms with Crippen LogP contribution in [0.4, 0.5) is 5.69 Å². The molecule has 0 aliphatic rings. The fourth-order valence-corrected chi connectivity index (χ4v) is 3.47. The van der Waals surface area contributed by atoms with E-state index in [0.717, 1.165) is 33.8 Å². The van der Waals surface area contributed by atoms with Gasteiger partial charge in [0, 0.05) is 54.8 Å². The third-order valence-electron chi connectivity index (χ3n) is 5.35. The van der Waals surface area contributed by atoms with Gasteiger partial charge in [-0.3, -0.25) is 19.6 Å². The SMILES string of the molecule is CCC(=O)N(C)c1ccc(-c2ccc(C(=O)CCc3cccnc3C)cn2)cc1C. The molecule has 3 aromatic rings. The van der Waals surface area contributed by atoms with Gasteiger partial charge in [0.25, 0.3) is 0 Å². The zero-order valence-corrected chi connectivity index (χ0v) is 18.0. The highest BCUT2D eigenvalue weighted by Gasteiger charge is 2.13. The fourth-order valence-electron chi connectivity index (χ4n) is 3.47. The van der Waals surface area contributed by atoms with Crippen molar-refractivity contribution in [3.8, 4) is 11.3 Å². The topological polar surface area (TPSA) is 63.2 Å². The lowest BCUT2D eigenvalue weighted by molar-refractivity contribution is -0.118. The molecule has 5 nitrogen and oxygen atoms in total. The van der Waals surface area contributed by atoms with Gasteiger partial charge in [-0.1, -0.05) is 19.1 Å². The third kappa shape index (κ3) is 4.79. The van der Waals surface area contributed by atoms with E-state index in [-0.39, 0.29) is 11.7 Å². The number of Topliss-reactive ketones (excluding diaryl/α,β-unsaturated/α-hetero) is 1. The van der Waals surface area contributed by atoms with Crippen molar-refractivity contribution in [2.75, 3.05) is 11.9 Å². The van der Waals surface area contributed by atoms with E-state index in [9.17, 15) is 9.59 Å². The molecule has 0 aliphatic heterocycles. The quantitative estimate of drug-likeness (QED) is 0.526. The number of amides is 1. The number of aryl methyl sites for hydroxylation is 3. The van der Waals surface area contributed by atoms with Crippen molar-refractivity contribution in [2.45, 2.75) is 40.0 Å². The van der Waals surface area contributed by atoms with Crippen LogP contribution in [-0.4, -0.2) is 28.7 Å². The molecule has 0 aliphatic carbocycles. The Labute approximate surface area is 177 Å². The highest BCUT2D eigenvalue weighted by Crippen LogP contribution is 2.26. The van der Waals surface area contributed by atoms with Crippen LogP contribution in [-0.2, 0) is 11.2 Å². The number of nitrogens with zero attached hydrogens (tertiary/aromatic N) is 3. The average molecular weight is 402 g/mol. The second-order valence-electron chi connectivity index (χ2n) is 7.41. The molecule has 154 valence electrons. The number of anilines is 1. The Morgan fingerprint density at radius 3 is 2.47 bits per heavy atom. The minimum Gasteiger partial charge on any atom is -0.315 e. The van der Waals surface area contributed by atoms with Gasteiger partial charge in [-0.15, -0.1) is 0 Å². The van der Waals surface area contributed by atoms with Gasteiger partial charge in [0.1, 0.15) is 0 Å². The van der Waals surface area contributed by atoms with Gasteiger partial charge in [0.05, 0.1) is 5.69 Å². The summed E-state index contributed by atoms with van der Waals surface area (Å²) in [6.07, 6.45) is 4.97. The maximum absolute atomic E-state index is 12.5. The lowest BCUT2D eigenvalue weighted by Gasteiger charge is -2.19. The molecule has 0 spiro atoms. The van der Waals surface area contributed by atoms with Crippen LogP contribution in [0.3, 0.4) is 0 Å². The molecule has 0 radical (unpaired) electrons. The molecule has 0 bridgehead atoms. The van der Waals surface area contributed by atoms with E-state index in [2.05, 4.69) is 9.97 Å². The first-order valence-electron chi connectivity index (χ1n) is 10.2. The molecule has 0 saturated carbocycles. The van der Waals surface area contributed by atoms with Gasteiger partial charge in [0.2, 0.25) is 5.91 Å². The van der Waals surface area contributed by atoms with E-state index in [4.69, 9.17) is 0 Å². The summed E-state index contributed by atoms with van der Waals surface area (Å²) in [5.41, 5.74) is 6.32. The van der Waals surface area contributed by atoms with Crippen molar-refractivity contribution < 1.29 is 9.59 Å². The number of hydrogen-bond acceptors (Lipinski definition) is 4. The second-order valence-corrected chi connectivity index (χ2v) is 7.41. The van der Waals surface area contributed by atoms with E-state index < -0.39 is 0 Å².